The lowest BCUT2D eigenvalue weighted by Crippen LogP contribution is -2.60. The molecule has 0 aromatic carbocycles. The van der Waals surface area contributed by atoms with Crippen molar-refractivity contribution in [2.75, 3.05) is 39.4 Å². The third-order valence-electron chi connectivity index (χ3n) is 7.10. The molecule has 3 heterocycles. The highest BCUT2D eigenvalue weighted by Crippen LogP contribution is 2.35. The summed E-state index contributed by atoms with van der Waals surface area (Å²) in [5.74, 6) is -0.319. The van der Waals surface area contributed by atoms with Crippen molar-refractivity contribution >= 4 is 15.9 Å². The minimum atomic E-state index is -3.86. The van der Waals surface area contributed by atoms with Crippen LogP contribution in [0.4, 0.5) is 0 Å². The van der Waals surface area contributed by atoms with Crippen molar-refractivity contribution in [3.63, 3.8) is 0 Å². The maximum atomic E-state index is 13.3. The van der Waals surface area contributed by atoms with Crippen molar-refractivity contribution in [3.05, 3.63) is 12.3 Å². The molecule has 172 valence electrons. The van der Waals surface area contributed by atoms with Gasteiger partial charge < -0.3 is 9.64 Å². The maximum absolute atomic E-state index is 13.3. The second-order valence-corrected chi connectivity index (χ2v) is 11.1. The van der Waals surface area contributed by atoms with Crippen LogP contribution in [-0.4, -0.2) is 72.9 Å². The number of amides is 1. The monoisotopic (exact) mass is 443 g/mol. The second-order valence-electron chi connectivity index (χ2n) is 8.90. The summed E-state index contributed by atoms with van der Waals surface area (Å²) in [6.07, 6.45) is 8.76. The minimum Gasteiger partial charge on any atom is -0.381 e. The molecule has 3 rings (SSSR count). The van der Waals surface area contributed by atoms with Crippen LogP contribution in [0.25, 0.3) is 0 Å². The molecule has 2 N–H and O–H groups in total. The molecule has 3 saturated heterocycles. The number of hydrogen-bond donors (Lipinski definition) is 2. The molecule has 1 amide bonds. The fraction of sp³-hybridized carbons (Fsp3) is 0.857. The molecule has 3 aliphatic rings. The third-order valence-corrected chi connectivity index (χ3v) is 9.73. The number of unbranched alkanes of at least 4 members (excludes halogenated alkanes) is 1. The van der Waals surface area contributed by atoms with Crippen molar-refractivity contribution < 1.29 is 23.2 Å². The van der Waals surface area contributed by atoms with Crippen molar-refractivity contribution in [1.82, 2.24) is 14.7 Å². The summed E-state index contributed by atoms with van der Waals surface area (Å²) in [4.78, 5) is 14.7. The normalized spacial score (nSPS) is 23.4. The predicted octanol–water partition coefficient (Wildman–Crippen LogP) is 2.25. The molecule has 0 unspecified atom stereocenters. The standard InChI is InChI=1S/C21H37N3O5S/c1-18(23-12-4-5-13-23)6-2-3-7-19-8-14-24(15-9-19)30(27,28)21(20(25)22-26)10-16-29-17-11-21/h19,26H,1-17H2,(H,22,25). The molecule has 0 bridgehead atoms. The summed E-state index contributed by atoms with van der Waals surface area (Å²) in [5, 5.41) is 9.15. The largest absolute Gasteiger partial charge is 0.381 e. The summed E-state index contributed by atoms with van der Waals surface area (Å²) in [7, 11) is -3.86. The van der Waals surface area contributed by atoms with Gasteiger partial charge >= 0.3 is 0 Å². The highest BCUT2D eigenvalue weighted by Gasteiger charge is 2.54. The Hall–Kier alpha value is -1.16. The predicted molar refractivity (Wildman–Crippen MR) is 114 cm³/mol. The number of ether oxygens (including phenoxy) is 1. The Morgan fingerprint density at radius 1 is 1.10 bits per heavy atom. The molecule has 3 fully saturated rings. The molecule has 30 heavy (non-hydrogen) atoms. The Morgan fingerprint density at radius 2 is 1.73 bits per heavy atom. The van der Waals surface area contributed by atoms with E-state index >= 15 is 0 Å². The van der Waals surface area contributed by atoms with Crippen LogP contribution < -0.4 is 5.48 Å². The van der Waals surface area contributed by atoms with Gasteiger partial charge in [-0.05, 0) is 44.4 Å². The second kappa shape index (κ2) is 10.4. The van der Waals surface area contributed by atoms with Gasteiger partial charge in [-0.25, -0.2) is 18.2 Å². The lowest BCUT2D eigenvalue weighted by Gasteiger charge is -2.40. The summed E-state index contributed by atoms with van der Waals surface area (Å²) in [5.41, 5.74) is 2.84. The van der Waals surface area contributed by atoms with Gasteiger partial charge in [0.05, 0.1) is 0 Å². The van der Waals surface area contributed by atoms with Crippen LogP contribution >= 0.6 is 0 Å². The fourth-order valence-electron chi connectivity index (χ4n) is 5.04. The van der Waals surface area contributed by atoms with Gasteiger partial charge in [0.1, 0.15) is 0 Å². The summed E-state index contributed by atoms with van der Waals surface area (Å²) in [6.45, 7) is 7.80. The number of hydrogen-bond acceptors (Lipinski definition) is 6. The van der Waals surface area contributed by atoms with Gasteiger partial charge in [-0.1, -0.05) is 19.4 Å². The average molecular weight is 444 g/mol. The number of carbonyl (C=O) groups excluding carboxylic acids is 1. The van der Waals surface area contributed by atoms with Crippen LogP contribution in [0.15, 0.2) is 12.3 Å². The number of allylic oxidation sites excluding steroid dienone is 1. The number of carbonyl (C=O) groups is 1. The Bertz CT molecular complexity index is 691. The van der Waals surface area contributed by atoms with Crippen LogP contribution in [-0.2, 0) is 19.6 Å². The number of nitrogens with one attached hydrogen (secondary N) is 1. The zero-order chi connectivity index (χ0) is 21.6. The molecule has 0 aromatic heterocycles. The van der Waals surface area contributed by atoms with Crippen LogP contribution in [0, 0.1) is 5.92 Å². The van der Waals surface area contributed by atoms with Crippen LogP contribution in [0.3, 0.4) is 0 Å². The Labute approximate surface area is 180 Å². The van der Waals surface area contributed by atoms with Crippen molar-refractivity contribution in [3.8, 4) is 0 Å². The van der Waals surface area contributed by atoms with Crippen molar-refractivity contribution in [2.45, 2.75) is 69.0 Å². The first-order valence-electron chi connectivity index (χ1n) is 11.4. The molecule has 0 radical (unpaired) electrons. The van der Waals surface area contributed by atoms with E-state index in [9.17, 15) is 13.2 Å². The third kappa shape index (κ3) is 5.00. The topological polar surface area (TPSA) is 99.2 Å². The molecule has 3 aliphatic heterocycles. The lowest BCUT2D eigenvalue weighted by molar-refractivity contribution is -0.134. The quantitative estimate of drug-likeness (QED) is 0.322. The van der Waals surface area contributed by atoms with Gasteiger partial charge in [0.2, 0.25) is 10.0 Å². The molecule has 0 aromatic rings. The van der Waals surface area contributed by atoms with E-state index in [0.29, 0.717) is 19.0 Å². The minimum absolute atomic E-state index is 0.0720. The van der Waals surface area contributed by atoms with Gasteiger partial charge in [0.15, 0.2) is 4.75 Å². The highest BCUT2D eigenvalue weighted by molar-refractivity contribution is 7.91. The number of rotatable bonds is 9. The molecule has 0 atom stereocenters. The van der Waals surface area contributed by atoms with Crippen molar-refractivity contribution in [2.24, 2.45) is 5.92 Å². The summed E-state index contributed by atoms with van der Waals surface area (Å²) in [6, 6.07) is 0. The van der Waals surface area contributed by atoms with Crippen LogP contribution in [0.5, 0.6) is 0 Å². The van der Waals surface area contributed by atoms with Gasteiger partial charge in [0.25, 0.3) is 5.91 Å². The SMILES string of the molecule is C=C(CCCCC1CCN(S(=O)(=O)C2(C(=O)NO)CCOCC2)CC1)N1CCCC1. The van der Waals surface area contributed by atoms with E-state index in [-0.39, 0.29) is 26.1 Å². The Kier molecular flexibility index (Phi) is 8.17. The van der Waals surface area contributed by atoms with Crippen LogP contribution in [0.1, 0.15) is 64.2 Å². The van der Waals surface area contributed by atoms with Crippen molar-refractivity contribution in [1.29, 1.82) is 0 Å². The summed E-state index contributed by atoms with van der Waals surface area (Å²) < 4.78 is 31.7. The number of piperidine rings is 1. The molecule has 0 aliphatic carbocycles. The smallest absolute Gasteiger partial charge is 0.266 e. The molecule has 0 spiro atoms. The number of nitrogens with zero attached hydrogens (tertiary/aromatic N) is 2. The van der Waals surface area contributed by atoms with E-state index < -0.39 is 20.7 Å². The van der Waals surface area contributed by atoms with Gasteiger partial charge in [-0.15, -0.1) is 0 Å². The van der Waals surface area contributed by atoms with E-state index in [1.54, 1.807) is 5.48 Å². The van der Waals surface area contributed by atoms with Gasteiger partial charge in [0, 0.05) is 57.9 Å². The molecule has 9 heteroatoms. The molecule has 8 nitrogen and oxygen atoms in total. The number of sulfonamides is 1. The zero-order valence-corrected chi connectivity index (χ0v) is 18.8. The average Bonchev–Trinajstić information content (AvgIpc) is 3.32. The lowest BCUT2D eigenvalue weighted by atomic mass is 9.92. The van der Waals surface area contributed by atoms with Gasteiger partial charge in [-0.3, -0.25) is 10.0 Å². The van der Waals surface area contributed by atoms with E-state index in [1.165, 1.54) is 22.8 Å². The number of likely N-dealkylation sites (tertiary alicyclic amines) is 1. The van der Waals surface area contributed by atoms with E-state index in [2.05, 4.69) is 11.5 Å². The molecular weight excluding hydrogens is 406 g/mol. The zero-order valence-electron chi connectivity index (χ0n) is 18.0. The van der Waals surface area contributed by atoms with E-state index in [1.807, 2.05) is 0 Å². The van der Waals surface area contributed by atoms with Crippen LogP contribution in [0.2, 0.25) is 0 Å². The maximum Gasteiger partial charge on any atom is 0.266 e. The first-order chi connectivity index (χ1) is 14.4. The Morgan fingerprint density at radius 3 is 2.33 bits per heavy atom. The molecular formula is C21H37N3O5S. The fourth-order valence-corrected chi connectivity index (χ4v) is 7.19. The summed E-state index contributed by atoms with van der Waals surface area (Å²) >= 11 is 0. The van der Waals surface area contributed by atoms with E-state index in [4.69, 9.17) is 9.94 Å². The van der Waals surface area contributed by atoms with Gasteiger partial charge in [-0.2, -0.15) is 0 Å². The first kappa shape index (κ1) is 23.5. The van der Waals surface area contributed by atoms with E-state index in [0.717, 1.165) is 51.6 Å². The Balaban J connectivity index is 1.45. The number of hydroxylamine groups is 1. The first-order valence-corrected chi connectivity index (χ1v) is 12.8. The molecule has 0 saturated carbocycles. The highest BCUT2D eigenvalue weighted by atomic mass is 32.2.